The number of aromatic nitrogens is 2. The maximum Gasteiger partial charge on any atom is 0.252 e. The molecule has 0 saturated carbocycles. The van der Waals surface area contributed by atoms with Gasteiger partial charge < -0.3 is 14.2 Å². The summed E-state index contributed by atoms with van der Waals surface area (Å²) in [5, 5.41) is 4.02. The van der Waals surface area contributed by atoms with Crippen LogP contribution in [0.4, 0.5) is 4.39 Å². The van der Waals surface area contributed by atoms with E-state index in [1.165, 1.54) is 12.1 Å². The number of hydrogen-bond acceptors (Lipinski definition) is 5. The quantitative estimate of drug-likeness (QED) is 0.852. The molecule has 2 aromatic rings. The molecule has 0 bridgehead atoms. The molecule has 0 N–H and O–H groups in total. The van der Waals surface area contributed by atoms with Gasteiger partial charge in [-0.05, 0) is 43.4 Å². The molecular weight excluding hydrogens is 325 g/mol. The molecule has 0 aliphatic carbocycles. The normalized spacial score (nSPS) is 23.3. The van der Waals surface area contributed by atoms with Gasteiger partial charge in [-0.2, -0.15) is 4.98 Å². The second-order valence-corrected chi connectivity index (χ2v) is 6.54. The van der Waals surface area contributed by atoms with Gasteiger partial charge in [0.25, 0.3) is 5.91 Å². The largest absolute Gasteiger partial charge is 0.368 e. The second kappa shape index (κ2) is 6.92. The Bertz CT molecular complexity index is 740. The van der Waals surface area contributed by atoms with Gasteiger partial charge in [0.15, 0.2) is 5.82 Å². The summed E-state index contributed by atoms with van der Waals surface area (Å²) in [5.41, 5.74) is 0.910. The van der Waals surface area contributed by atoms with Crippen molar-refractivity contribution in [3.63, 3.8) is 0 Å². The topological polar surface area (TPSA) is 68.5 Å². The van der Waals surface area contributed by atoms with Crippen LogP contribution in [0.3, 0.4) is 0 Å². The van der Waals surface area contributed by atoms with Gasteiger partial charge in [-0.3, -0.25) is 4.79 Å². The Kier molecular flexibility index (Phi) is 4.48. The van der Waals surface area contributed by atoms with Crippen molar-refractivity contribution in [3.8, 4) is 0 Å². The first-order chi connectivity index (χ1) is 12.2. The van der Waals surface area contributed by atoms with E-state index in [0.29, 0.717) is 31.3 Å². The first-order valence-electron chi connectivity index (χ1n) is 8.70. The molecule has 2 fully saturated rings. The Labute approximate surface area is 145 Å². The van der Waals surface area contributed by atoms with Crippen LogP contribution >= 0.6 is 0 Å². The number of halogens is 1. The lowest BCUT2D eigenvalue weighted by atomic mass is 10.1. The van der Waals surface area contributed by atoms with Crippen molar-refractivity contribution in [2.75, 3.05) is 13.2 Å². The Morgan fingerprint density at radius 2 is 2.08 bits per heavy atom. The highest BCUT2D eigenvalue weighted by atomic mass is 19.1. The maximum absolute atomic E-state index is 13.0. The Hall–Kier alpha value is -2.28. The standard InChI is InChI=1S/C18H20FN3O3/c19-13-7-5-12(6-8-13)11-16-20-17(25-21-16)14-3-1-9-22(14)18(23)15-4-2-10-24-15/h5-8,14-15H,1-4,9-11H2/t14-,15+/m1/s1. The van der Waals surface area contributed by atoms with Gasteiger partial charge in [0.2, 0.25) is 5.89 Å². The van der Waals surface area contributed by atoms with E-state index < -0.39 is 0 Å². The van der Waals surface area contributed by atoms with Crippen LogP contribution in [0.15, 0.2) is 28.8 Å². The zero-order valence-corrected chi connectivity index (χ0v) is 13.9. The first-order valence-corrected chi connectivity index (χ1v) is 8.70. The van der Waals surface area contributed by atoms with E-state index in [-0.39, 0.29) is 23.9 Å². The molecule has 1 aromatic carbocycles. The number of carbonyl (C=O) groups is 1. The van der Waals surface area contributed by atoms with Crippen molar-refractivity contribution in [1.29, 1.82) is 0 Å². The third-order valence-electron chi connectivity index (χ3n) is 4.79. The highest BCUT2D eigenvalue weighted by molar-refractivity contribution is 5.81. The predicted molar refractivity (Wildman–Crippen MR) is 86.2 cm³/mol. The van der Waals surface area contributed by atoms with Gasteiger partial charge in [-0.25, -0.2) is 4.39 Å². The molecule has 0 radical (unpaired) electrons. The molecule has 7 heteroatoms. The highest BCUT2D eigenvalue weighted by Crippen LogP contribution is 2.33. The van der Waals surface area contributed by atoms with Crippen LogP contribution in [0.25, 0.3) is 0 Å². The van der Waals surface area contributed by atoms with E-state index in [2.05, 4.69) is 10.1 Å². The minimum absolute atomic E-state index is 0.0262. The molecule has 132 valence electrons. The van der Waals surface area contributed by atoms with E-state index in [1.54, 1.807) is 12.1 Å². The number of hydrogen-bond donors (Lipinski definition) is 0. The number of rotatable bonds is 4. The molecule has 3 heterocycles. The zero-order chi connectivity index (χ0) is 17.2. The van der Waals surface area contributed by atoms with Crippen molar-refractivity contribution in [1.82, 2.24) is 15.0 Å². The summed E-state index contributed by atoms with van der Waals surface area (Å²) in [4.78, 5) is 18.9. The molecule has 4 rings (SSSR count). The Morgan fingerprint density at radius 3 is 2.84 bits per heavy atom. The predicted octanol–water partition coefficient (Wildman–Crippen LogP) is 2.64. The summed E-state index contributed by atoms with van der Waals surface area (Å²) in [6.45, 7) is 1.34. The van der Waals surface area contributed by atoms with Gasteiger partial charge in [-0.1, -0.05) is 17.3 Å². The molecule has 2 atom stereocenters. The van der Waals surface area contributed by atoms with Crippen LogP contribution in [0.2, 0.25) is 0 Å². The smallest absolute Gasteiger partial charge is 0.252 e. The molecule has 25 heavy (non-hydrogen) atoms. The molecule has 1 amide bonds. The minimum Gasteiger partial charge on any atom is -0.368 e. The lowest BCUT2D eigenvalue weighted by molar-refractivity contribution is -0.142. The Balaban J connectivity index is 1.46. The number of nitrogens with zero attached hydrogens (tertiary/aromatic N) is 3. The summed E-state index contributed by atoms with van der Waals surface area (Å²) in [7, 11) is 0. The molecule has 6 nitrogen and oxygen atoms in total. The van der Waals surface area contributed by atoms with E-state index >= 15 is 0 Å². The van der Waals surface area contributed by atoms with Crippen LogP contribution in [-0.2, 0) is 16.0 Å². The van der Waals surface area contributed by atoms with E-state index in [0.717, 1.165) is 31.2 Å². The van der Waals surface area contributed by atoms with Crippen molar-refractivity contribution >= 4 is 5.91 Å². The zero-order valence-electron chi connectivity index (χ0n) is 13.9. The van der Waals surface area contributed by atoms with Crippen LogP contribution in [0.5, 0.6) is 0 Å². The molecule has 2 aliphatic rings. The Morgan fingerprint density at radius 1 is 1.24 bits per heavy atom. The molecule has 0 unspecified atom stereocenters. The van der Waals surface area contributed by atoms with E-state index in [4.69, 9.17) is 9.26 Å². The number of benzene rings is 1. The van der Waals surface area contributed by atoms with Crippen LogP contribution in [-0.4, -0.2) is 40.2 Å². The molecular formula is C18H20FN3O3. The molecule has 0 spiro atoms. The third kappa shape index (κ3) is 3.42. The van der Waals surface area contributed by atoms with Crippen molar-refractivity contribution in [2.24, 2.45) is 0 Å². The average Bonchev–Trinajstić information content (AvgIpc) is 3.37. The number of amides is 1. The molecule has 2 saturated heterocycles. The fourth-order valence-corrected chi connectivity index (χ4v) is 3.50. The lowest BCUT2D eigenvalue weighted by Gasteiger charge is -2.24. The fraction of sp³-hybridized carbons (Fsp3) is 0.500. The SMILES string of the molecule is O=C([C@@H]1CCCO1)N1CCC[C@@H]1c1nc(Cc2ccc(F)cc2)no1. The maximum atomic E-state index is 13.0. The number of carbonyl (C=O) groups excluding carboxylic acids is 1. The van der Waals surface area contributed by atoms with Gasteiger partial charge >= 0.3 is 0 Å². The first kappa shape index (κ1) is 16.2. The van der Waals surface area contributed by atoms with E-state index in [1.807, 2.05) is 4.90 Å². The second-order valence-electron chi connectivity index (χ2n) is 6.54. The van der Waals surface area contributed by atoms with Gasteiger partial charge in [0.05, 0.1) is 0 Å². The molecule has 1 aromatic heterocycles. The summed E-state index contributed by atoms with van der Waals surface area (Å²) >= 11 is 0. The van der Waals surface area contributed by atoms with Gasteiger partial charge in [0.1, 0.15) is 18.0 Å². The minimum atomic E-state index is -0.331. The van der Waals surface area contributed by atoms with Crippen LogP contribution in [0.1, 0.15) is 49.0 Å². The average molecular weight is 345 g/mol. The van der Waals surface area contributed by atoms with E-state index in [9.17, 15) is 9.18 Å². The van der Waals surface area contributed by atoms with Crippen molar-refractivity contribution < 1.29 is 18.4 Å². The lowest BCUT2D eigenvalue weighted by Crippen LogP contribution is -2.38. The summed E-state index contributed by atoms with van der Waals surface area (Å²) in [6.07, 6.45) is 3.58. The van der Waals surface area contributed by atoms with Crippen molar-refractivity contribution in [2.45, 2.75) is 44.2 Å². The number of likely N-dealkylation sites (tertiary alicyclic amines) is 1. The van der Waals surface area contributed by atoms with Crippen LogP contribution < -0.4 is 0 Å². The molecule has 2 aliphatic heterocycles. The summed E-state index contributed by atoms with van der Waals surface area (Å²) in [5.74, 6) is 0.768. The summed E-state index contributed by atoms with van der Waals surface area (Å²) < 4.78 is 23.9. The van der Waals surface area contributed by atoms with Crippen LogP contribution in [0, 0.1) is 5.82 Å². The van der Waals surface area contributed by atoms with Gasteiger partial charge in [0, 0.05) is 19.6 Å². The highest BCUT2D eigenvalue weighted by Gasteiger charge is 2.38. The number of ether oxygens (including phenoxy) is 1. The van der Waals surface area contributed by atoms with Crippen molar-refractivity contribution in [3.05, 3.63) is 47.4 Å². The van der Waals surface area contributed by atoms with Gasteiger partial charge in [-0.15, -0.1) is 0 Å². The fourth-order valence-electron chi connectivity index (χ4n) is 3.50. The summed E-state index contributed by atoms with van der Waals surface area (Å²) in [6, 6.07) is 6.05. The third-order valence-corrected chi connectivity index (χ3v) is 4.79. The monoisotopic (exact) mass is 345 g/mol.